The lowest BCUT2D eigenvalue weighted by molar-refractivity contribution is -0.128. The van der Waals surface area contributed by atoms with Gasteiger partial charge in [-0.2, -0.15) is 0 Å². The summed E-state index contributed by atoms with van der Waals surface area (Å²) in [6.45, 7) is 0.806. The Morgan fingerprint density at radius 2 is 1.76 bits per heavy atom. The second kappa shape index (κ2) is 6.93. The molecule has 25 heavy (non-hydrogen) atoms. The molecule has 6 heteroatoms. The molecule has 2 aromatic rings. The van der Waals surface area contributed by atoms with Crippen molar-refractivity contribution in [3.8, 4) is 0 Å². The second-order valence-electron chi connectivity index (χ2n) is 6.18. The predicted octanol–water partition coefficient (Wildman–Crippen LogP) is 2.21. The van der Waals surface area contributed by atoms with Crippen LogP contribution in [0.4, 0.5) is 10.1 Å². The summed E-state index contributed by atoms with van der Waals surface area (Å²) in [5, 5.41) is 2.77. The first-order valence-electron chi connectivity index (χ1n) is 8.09. The van der Waals surface area contributed by atoms with Crippen LogP contribution >= 0.6 is 0 Å². The highest BCUT2D eigenvalue weighted by Gasteiger charge is 2.34. The van der Waals surface area contributed by atoms with Crippen molar-refractivity contribution < 1.29 is 14.0 Å². The van der Waals surface area contributed by atoms with E-state index >= 15 is 0 Å². The molecule has 0 radical (unpaired) electrons. The third-order valence-electron chi connectivity index (χ3n) is 4.29. The molecule has 0 bridgehead atoms. The van der Waals surface area contributed by atoms with E-state index in [0.29, 0.717) is 24.2 Å². The van der Waals surface area contributed by atoms with Crippen LogP contribution in [0.2, 0.25) is 0 Å². The highest BCUT2D eigenvalue weighted by atomic mass is 19.1. The quantitative estimate of drug-likeness (QED) is 0.931. The molecule has 5 nitrogen and oxygen atoms in total. The van der Waals surface area contributed by atoms with Gasteiger partial charge in [-0.05, 0) is 42.0 Å². The number of carbonyl (C=O) groups is 2. The van der Waals surface area contributed by atoms with Crippen LogP contribution in [-0.2, 0) is 4.79 Å². The molecule has 1 heterocycles. The number of anilines is 1. The molecule has 0 aromatic heterocycles. The van der Waals surface area contributed by atoms with E-state index in [1.807, 2.05) is 31.1 Å². The summed E-state index contributed by atoms with van der Waals surface area (Å²) in [5.74, 6) is -0.845. The van der Waals surface area contributed by atoms with E-state index in [1.165, 1.54) is 17.0 Å². The third kappa shape index (κ3) is 3.47. The van der Waals surface area contributed by atoms with Gasteiger partial charge in [0.15, 0.2) is 0 Å². The van der Waals surface area contributed by atoms with Gasteiger partial charge in [0.25, 0.3) is 5.91 Å². The average molecular weight is 341 g/mol. The van der Waals surface area contributed by atoms with Crippen molar-refractivity contribution in [3.05, 3.63) is 65.5 Å². The van der Waals surface area contributed by atoms with Crippen LogP contribution in [0.25, 0.3) is 0 Å². The van der Waals surface area contributed by atoms with Gasteiger partial charge in [0.1, 0.15) is 11.9 Å². The molecular formula is C19H20FN3O2. The zero-order valence-corrected chi connectivity index (χ0v) is 14.2. The van der Waals surface area contributed by atoms with Crippen molar-refractivity contribution in [2.75, 3.05) is 32.1 Å². The van der Waals surface area contributed by atoms with Gasteiger partial charge in [0.05, 0.1) is 0 Å². The van der Waals surface area contributed by atoms with E-state index in [2.05, 4.69) is 5.32 Å². The van der Waals surface area contributed by atoms with Crippen molar-refractivity contribution in [2.45, 2.75) is 6.04 Å². The molecule has 1 fully saturated rings. The number of rotatable bonds is 3. The van der Waals surface area contributed by atoms with E-state index in [1.54, 1.807) is 24.3 Å². The molecule has 1 atom stereocenters. The van der Waals surface area contributed by atoms with Gasteiger partial charge in [0.2, 0.25) is 5.91 Å². The Labute approximate surface area is 146 Å². The number of piperazine rings is 1. The van der Waals surface area contributed by atoms with Gasteiger partial charge in [-0.1, -0.05) is 12.1 Å². The lowest BCUT2D eigenvalue weighted by Crippen LogP contribution is -2.52. The molecule has 0 aliphatic carbocycles. The van der Waals surface area contributed by atoms with Gasteiger partial charge in [0, 0.05) is 38.4 Å². The Bertz CT molecular complexity index is 772. The number of benzene rings is 2. The summed E-state index contributed by atoms with van der Waals surface area (Å²) in [4.78, 5) is 28.8. The number of nitrogens with zero attached hydrogens (tertiary/aromatic N) is 2. The largest absolute Gasteiger partial charge is 0.378 e. The smallest absolute Gasteiger partial charge is 0.254 e. The number of carbonyl (C=O) groups excluding carboxylic acids is 2. The summed E-state index contributed by atoms with van der Waals surface area (Å²) < 4.78 is 13.2. The average Bonchev–Trinajstić information content (AvgIpc) is 2.62. The molecule has 1 aliphatic rings. The van der Waals surface area contributed by atoms with Crippen LogP contribution < -0.4 is 10.2 Å². The Morgan fingerprint density at radius 3 is 2.36 bits per heavy atom. The third-order valence-corrected chi connectivity index (χ3v) is 4.29. The van der Waals surface area contributed by atoms with E-state index in [-0.39, 0.29) is 17.6 Å². The number of hydrogen-bond donors (Lipinski definition) is 1. The highest BCUT2D eigenvalue weighted by Crippen LogP contribution is 2.26. The highest BCUT2D eigenvalue weighted by molar-refractivity contribution is 5.98. The van der Waals surface area contributed by atoms with E-state index < -0.39 is 6.04 Å². The Balaban J connectivity index is 1.90. The summed E-state index contributed by atoms with van der Waals surface area (Å²) >= 11 is 0. The maximum atomic E-state index is 13.2. The first-order valence-corrected chi connectivity index (χ1v) is 8.09. The number of hydrogen-bond acceptors (Lipinski definition) is 3. The lowest BCUT2D eigenvalue weighted by Gasteiger charge is -2.35. The summed E-state index contributed by atoms with van der Waals surface area (Å²) in [6.07, 6.45) is 0. The summed E-state index contributed by atoms with van der Waals surface area (Å²) in [5.41, 5.74) is 2.10. The fourth-order valence-electron chi connectivity index (χ4n) is 2.93. The normalized spacial score (nSPS) is 17.2. The van der Waals surface area contributed by atoms with Gasteiger partial charge in [-0.3, -0.25) is 9.59 Å². The summed E-state index contributed by atoms with van der Waals surface area (Å²) in [6, 6.07) is 12.2. The van der Waals surface area contributed by atoms with Crippen LogP contribution in [0, 0.1) is 5.82 Å². The van der Waals surface area contributed by atoms with Crippen molar-refractivity contribution in [1.29, 1.82) is 0 Å². The van der Waals surface area contributed by atoms with E-state index in [4.69, 9.17) is 0 Å². The van der Waals surface area contributed by atoms with E-state index in [0.717, 1.165) is 5.69 Å². The minimum atomic E-state index is -0.754. The van der Waals surface area contributed by atoms with Gasteiger partial charge >= 0.3 is 0 Å². The van der Waals surface area contributed by atoms with Crippen LogP contribution in [0.1, 0.15) is 22.0 Å². The molecule has 1 saturated heterocycles. The Morgan fingerprint density at radius 1 is 1.12 bits per heavy atom. The molecular weight excluding hydrogens is 321 g/mol. The monoisotopic (exact) mass is 341 g/mol. The first kappa shape index (κ1) is 17.0. The molecule has 0 spiro atoms. The fourth-order valence-corrected chi connectivity index (χ4v) is 2.93. The zero-order valence-electron chi connectivity index (χ0n) is 14.2. The van der Waals surface area contributed by atoms with Gasteiger partial charge in [-0.25, -0.2) is 4.39 Å². The van der Waals surface area contributed by atoms with Crippen LogP contribution in [0.15, 0.2) is 48.5 Å². The SMILES string of the molecule is CN(C)c1ccc(C(=O)N2CCNC(=O)C2c2ccc(F)cc2)cc1. The van der Waals surface area contributed by atoms with Crippen molar-refractivity contribution in [2.24, 2.45) is 0 Å². The Kier molecular flexibility index (Phi) is 4.70. The van der Waals surface area contributed by atoms with Crippen molar-refractivity contribution in [1.82, 2.24) is 10.2 Å². The number of halogens is 1. The molecule has 2 amide bonds. The first-order chi connectivity index (χ1) is 12.0. The van der Waals surface area contributed by atoms with E-state index in [9.17, 15) is 14.0 Å². The molecule has 1 unspecified atom stereocenters. The molecule has 1 N–H and O–H groups in total. The van der Waals surface area contributed by atoms with Crippen LogP contribution in [0.5, 0.6) is 0 Å². The predicted molar refractivity (Wildman–Crippen MR) is 94.0 cm³/mol. The minimum Gasteiger partial charge on any atom is -0.378 e. The topological polar surface area (TPSA) is 52.7 Å². The molecule has 0 saturated carbocycles. The molecule has 2 aromatic carbocycles. The fraction of sp³-hybridized carbons (Fsp3) is 0.263. The van der Waals surface area contributed by atoms with Crippen LogP contribution in [-0.4, -0.2) is 43.9 Å². The minimum absolute atomic E-state index is 0.213. The lowest BCUT2D eigenvalue weighted by atomic mass is 10.0. The molecule has 1 aliphatic heterocycles. The number of nitrogens with one attached hydrogen (secondary N) is 1. The molecule has 3 rings (SSSR count). The van der Waals surface area contributed by atoms with Crippen LogP contribution in [0.3, 0.4) is 0 Å². The van der Waals surface area contributed by atoms with Crippen molar-refractivity contribution >= 4 is 17.5 Å². The Hall–Kier alpha value is -2.89. The van der Waals surface area contributed by atoms with Crippen molar-refractivity contribution in [3.63, 3.8) is 0 Å². The van der Waals surface area contributed by atoms with Gasteiger partial charge < -0.3 is 15.1 Å². The van der Waals surface area contributed by atoms with Gasteiger partial charge in [-0.15, -0.1) is 0 Å². The zero-order chi connectivity index (χ0) is 18.0. The second-order valence-corrected chi connectivity index (χ2v) is 6.18. The maximum Gasteiger partial charge on any atom is 0.254 e. The summed E-state index contributed by atoms with van der Waals surface area (Å²) in [7, 11) is 3.85. The molecule has 130 valence electrons. The standard InChI is InChI=1S/C19H20FN3O2/c1-22(2)16-9-5-14(6-10-16)19(25)23-12-11-21-18(24)17(23)13-3-7-15(20)8-4-13/h3-10,17H,11-12H2,1-2H3,(H,21,24). The number of amides is 2. The maximum absolute atomic E-state index is 13.2.